The Bertz CT molecular complexity index is 1170. The lowest BCUT2D eigenvalue weighted by molar-refractivity contribution is -0.145. The first-order valence-corrected chi connectivity index (χ1v) is 16.7. The van der Waals surface area contributed by atoms with Crippen molar-refractivity contribution in [1.82, 2.24) is 20.9 Å². The Morgan fingerprint density at radius 1 is 0.979 bits per heavy atom. The van der Waals surface area contributed by atoms with E-state index in [0.717, 1.165) is 0 Å². The molecule has 0 radical (unpaired) electrons. The lowest BCUT2D eigenvalue weighted by atomic mass is 9.99. The fourth-order valence-corrected chi connectivity index (χ4v) is 6.18. The summed E-state index contributed by atoms with van der Waals surface area (Å²) in [6, 6.07) is -0.974. The number of carbonyl (C=O) groups is 6. The predicted octanol–water partition coefficient (Wildman–Crippen LogP) is 1.73. The first-order valence-electron chi connectivity index (χ1n) is 16.7. The van der Waals surface area contributed by atoms with Crippen molar-refractivity contribution >= 4 is 35.6 Å². The van der Waals surface area contributed by atoms with Crippen LogP contribution in [0.5, 0.6) is 0 Å². The standard InChI is InChI=1S/C33H58N6O8/c1-19(2)18-46-21(5)14-26(41)37-24(12-10-11-13-36-30(45)47-31(6,7)8)27(42)38-32(17-23(32)20(3)4)29(44)39(9)33(28(35)43)16-22(33)15-25(34)40/h19-24H,10-18H2,1-9H3,(H2,34,40)(H2,35,43)(H,36,45)(H,37,41)(H,38,42)/t21-,22-,23?,24-,32+,33?/m1/s1. The smallest absolute Gasteiger partial charge is 0.407 e. The van der Waals surface area contributed by atoms with Crippen LogP contribution < -0.4 is 27.4 Å². The Kier molecular flexibility index (Phi) is 13.6. The van der Waals surface area contributed by atoms with Crippen LogP contribution >= 0.6 is 0 Å². The maximum atomic E-state index is 14.1. The maximum Gasteiger partial charge on any atom is 0.407 e. The molecule has 0 aromatic heterocycles. The Hall–Kier alpha value is -3.42. The van der Waals surface area contributed by atoms with E-state index in [1.165, 1.54) is 11.9 Å². The number of rotatable bonds is 19. The number of unbranched alkanes of at least 4 members (excludes halogenated alkanes) is 1. The molecule has 0 aromatic rings. The van der Waals surface area contributed by atoms with Crippen LogP contribution in [-0.4, -0.2) is 89.6 Å². The quantitative estimate of drug-likeness (QED) is 0.128. The second kappa shape index (κ2) is 16.1. The van der Waals surface area contributed by atoms with Crippen molar-refractivity contribution in [2.75, 3.05) is 20.2 Å². The molecule has 0 heterocycles. The van der Waals surface area contributed by atoms with Gasteiger partial charge >= 0.3 is 6.09 Å². The molecule has 0 spiro atoms. The number of primary amides is 2. The normalized spacial score (nSPS) is 24.6. The minimum atomic E-state index is -1.37. The second-order valence-corrected chi connectivity index (χ2v) is 15.0. The summed E-state index contributed by atoms with van der Waals surface area (Å²) in [5.41, 5.74) is 7.80. The van der Waals surface area contributed by atoms with Crippen LogP contribution in [0.2, 0.25) is 0 Å². The summed E-state index contributed by atoms with van der Waals surface area (Å²) in [6.07, 6.45) is 0.810. The molecule has 2 rings (SSSR count). The van der Waals surface area contributed by atoms with E-state index in [1.807, 2.05) is 27.7 Å². The van der Waals surface area contributed by atoms with E-state index in [4.69, 9.17) is 20.9 Å². The van der Waals surface area contributed by atoms with Gasteiger partial charge in [0.05, 0.1) is 12.5 Å². The van der Waals surface area contributed by atoms with Gasteiger partial charge in [-0.1, -0.05) is 27.7 Å². The zero-order valence-corrected chi connectivity index (χ0v) is 29.7. The molecule has 6 amide bonds. The predicted molar refractivity (Wildman–Crippen MR) is 175 cm³/mol. The van der Waals surface area contributed by atoms with Crippen molar-refractivity contribution < 1.29 is 38.2 Å². The molecule has 47 heavy (non-hydrogen) atoms. The summed E-state index contributed by atoms with van der Waals surface area (Å²) in [4.78, 5) is 78.5. The maximum absolute atomic E-state index is 14.1. The Balaban J connectivity index is 2.20. The summed E-state index contributed by atoms with van der Waals surface area (Å²) >= 11 is 0. The number of hydrogen-bond donors (Lipinski definition) is 5. The summed E-state index contributed by atoms with van der Waals surface area (Å²) in [5, 5.41) is 8.46. The average Bonchev–Trinajstić information content (AvgIpc) is 3.83. The Labute approximate surface area is 279 Å². The van der Waals surface area contributed by atoms with Gasteiger partial charge in [-0.2, -0.15) is 0 Å². The highest BCUT2D eigenvalue weighted by molar-refractivity contribution is 6.01. The molecule has 14 heteroatoms. The van der Waals surface area contributed by atoms with Crippen LogP contribution in [-0.2, 0) is 33.4 Å². The molecule has 0 aliphatic heterocycles. The van der Waals surface area contributed by atoms with Gasteiger partial charge in [0.25, 0.3) is 0 Å². The Morgan fingerprint density at radius 2 is 1.62 bits per heavy atom. The number of hydrogen-bond acceptors (Lipinski definition) is 8. The molecule has 0 aromatic carbocycles. The average molecular weight is 667 g/mol. The number of nitrogens with zero attached hydrogens (tertiary/aromatic N) is 1. The van der Waals surface area contributed by atoms with Crippen molar-refractivity contribution in [3.63, 3.8) is 0 Å². The second-order valence-electron chi connectivity index (χ2n) is 15.0. The molecular weight excluding hydrogens is 608 g/mol. The van der Waals surface area contributed by atoms with E-state index < -0.39 is 58.4 Å². The van der Waals surface area contributed by atoms with Crippen molar-refractivity contribution in [3.8, 4) is 0 Å². The highest BCUT2D eigenvalue weighted by Gasteiger charge is 2.69. The first-order chi connectivity index (χ1) is 21.7. The zero-order chi connectivity index (χ0) is 35.9. The minimum absolute atomic E-state index is 0.0173. The van der Waals surface area contributed by atoms with Crippen LogP contribution in [0.15, 0.2) is 0 Å². The summed E-state index contributed by atoms with van der Waals surface area (Å²) in [6.45, 7) is 15.8. The topological polar surface area (TPSA) is 212 Å². The van der Waals surface area contributed by atoms with Crippen molar-refractivity contribution in [2.45, 2.75) is 129 Å². The largest absolute Gasteiger partial charge is 0.444 e. The molecule has 2 aliphatic rings. The van der Waals surface area contributed by atoms with Crippen LogP contribution in [0.4, 0.5) is 4.79 Å². The van der Waals surface area contributed by atoms with E-state index in [0.29, 0.717) is 38.3 Å². The van der Waals surface area contributed by atoms with E-state index >= 15 is 0 Å². The molecule has 6 atom stereocenters. The van der Waals surface area contributed by atoms with Gasteiger partial charge in [-0.05, 0) is 77.6 Å². The number of amides is 6. The third kappa shape index (κ3) is 11.1. The van der Waals surface area contributed by atoms with Gasteiger partial charge in [-0.15, -0.1) is 0 Å². The first kappa shape index (κ1) is 39.8. The third-order valence-corrected chi connectivity index (χ3v) is 8.82. The third-order valence-electron chi connectivity index (χ3n) is 8.82. The number of nitrogens with two attached hydrogens (primary N) is 2. The number of carbonyl (C=O) groups excluding carboxylic acids is 6. The van der Waals surface area contributed by atoms with E-state index in [-0.39, 0.29) is 49.5 Å². The molecule has 14 nitrogen and oxygen atoms in total. The van der Waals surface area contributed by atoms with Gasteiger partial charge in [0.2, 0.25) is 29.5 Å². The molecule has 2 unspecified atom stereocenters. The SMILES string of the molecule is CC(C)CO[C@H](C)CC(=O)N[C@H](CCCCNC(=O)OC(C)(C)C)C(=O)N[C@@]1(C(=O)N(C)C2(C(N)=O)C[C@H]2CC(N)=O)CC1C(C)C. The molecule has 2 fully saturated rings. The van der Waals surface area contributed by atoms with Gasteiger partial charge in [-0.3, -0.25) is 24.0 Å². The Morgan fingerprint density at radius 3 is 2.13 bits per heavy atom. The van der Waals surface area contributed by atoms with Crippen LogP contribution in [0, 0.1) is 23.7 Å². The molecule has 268 valence electrons. The van der Waals surface area contributed by atoms with Crippen LogP contribution in [0.25, 0.3) is 0 Å². The molecule has 2 saturated carbocycles. The van der Waals surface area contributed by atoms with Gasteiger partial charge in [-0.25, -0.2) is 4.79 Å². The molecule has 0 bridgehead atoms. The lowest BCUT2D eigenvalue weighted by Gasteiger charge is -2.33. The number of nitrogens with one attached hydrogen (secondary N) is 3. The number of alkyl carbamates (subject to hydrolysis) is 1. The van der Waals surface area contributed by atoms with Gasteiger partial charge < -0.3 is 41.8 Å². The number of likely N-dealkylation sites (N-methyl/N-ethyl adjacent to an activating group) is 1. The molecule has 2 aliphatic carbocycles. The van der Waals surface area contributed by atoms with E-state index in [1.54, 1.807) is 27.7 Å². The highest BCUT2D eigenvalue weighted by atomic mass is 16.6. The summed E-state index contributed by atoms with van der Waals surface area (Å²) in [5.74, 6) is -3.13. The van der Waals surface area contributed by atoms with Crippen LogP contribution in [0.1, 0.15) is 100 Å². The van der Waals surface area contributed by atoms with Gasteiger partial charge in [0, 0.05) is 32.5 Å². The zero-order valence-electron chi connectivity index (χ0n) is 29.7. The molecular formula is C33H58N6O8. The van der Waals surface area contributed by atoms with Crippen molar-refractivity contribution in [1.29, 1.82) is 0 Å². The fourth-order valence-electron chi connectivity index (χ4n) is 6.18. The summed E-state index contributed by atoms with van der Waals surface area (Å²) < 4.78 is 11.0. The summed E-state index contributed by atoms with van der Waals surface area (Å²) in [7, 11) is 1.47. The van der Waals surface area contributed by atoms with Gasteiger partial charge in [0.1, 0.15) is 22.7 Å². The molecule has 0 saturated heterocycles. The van der Waals surface area contributed by atoms with Crippen molar-refractivity contribution in [3.05, 3.63) is 0 Å². The minimum Gasteiger partial charge on any atom is -0.444 e. The van der Waals surface area contributed by atoms with E-state index in [2.05, 4.69) is 16.0 Å². The fraction of sp³-hybridized carbons (Fsp3) is 0.818. The lowest BCUT2D eigenvalue weighted by Crippen LogP contribution is -2.60. The van der Waals surface area contributed by atoms with E-state index in [9.17, 15) is 28.8 Å². The monoisotopic (exact) mass is 666 g/mol. The molecule has 7 N–H and O–H groups in total. The number of ether oxygens (including phenoxy) is 2. The highest BCUT2D eigenvalue weighted by Crippen LogP contribution is 2.55. The van der Waals surface area contributed by atoms with Crippen LogP contribution in [0.3, 0.4) is 0 Å². The van der Waals surface area contributed by atoms with Crippen molar-refractivity contribution in [2.24, 2.45) is 35.1 Å². The van der Waals surface area contributed by atoms with Gasteiger partial charge in [0.15, 0.2) is 0 Å².